The van der Waals surface area contributed by atoms with E-state index in [9.17, 15) is 0 Å². The Kier molecular flexibility index (Phi) is 5.20. The lowest BCUT2D eigenvalue weighted by Crippen LogP contribution is -2.32. The first-order valence-corrected chi connectivity index (χ1v) is 7.63. The van der Waals surface area contributed by atoms with Gasteiger partial charge in [0.1, 0.15) is 5.82 Å². The summed E-state index contributed by atoms with van der Waals surface area (Å²) in [5.74, 6) is 1.77. The second-order valence-corrected chi connectivity index (χ2v) is 5.90. The number of hydrogen-bond acceptors (Lipinski definition) is 3. The first-order chi connectivity index (χ1) is 9.20. The van der Waals surface area contributed by atoms with E-state index < -0.39 is 0 Å². The fraction of sp³-hybridized carbons (Fsp3) is 0.688. The van der Waals surface area contributed by atoms with Gasteiger partial charge < -0.3 is 5.32 Å². The van der Waals surface area contributed by atoms with Gasteiger partial charge >= 0.3 is 0 Å². The standard InChI is InChI=1S/C16H27N3/c1-4-8-17-16-11-14(7-9-18-16)12-19-10-5-6-15(19)13(2)3/h7,9,11,13,15H,4-6,8,10,12H2,1-3H3,(H,17,18). The molecule has 0 bridgehead atoms. The van der Waals surface area contributed by atoms with E-state index in [-0.39, 0.29) is 0 Å². The summed E-state index contributed by atoms with van der Waals surface area (Å²) in [4.78, 5) is 7.00. The van der Waals surface area contributed by atoms with Gasteiger partial charge in [-0.05, 0) is 49.4 Å². The van der Waals surface area contributed by atoms with E-state index in [1.807, 2.05) is 6.20 Å². The summed E-state index contributed by atoms with van der Waals surface area (Å²) < 4.78 is 0. The van der Waals surface area contributed by atoms with E-state index in [1.54, 1.807) is 0 Å². The summed E-state index contributed by atoms with van der Waals surface area (Å²) >= 11 is 0. The zero-order valence-corrected chi connectivity index (χ0v) is 12.5. The number of hydrogen-bond donors (Lipinski definition) is 1. The number of aromatic nitrogens is 1. The highest BCUT2D eigenvalue weighted by Crippen LogP contribution is 2.25. The molecule has 1 aliphatic rings. The van der Waals surface area contributed by atoms with Crippen LogP contribution >= 0.6 is 0 Å². The van der Waals surface area contributed by atoms with E-state index in [2.05, 4.69) is 48.1 Å². The van der Waals surface area contributed by atoms with Crippen molar-refractivity contribution in [3.63, 3.8) is 0 Å². The molecule has 106 valence electrons. The van der Waals surface area contributed by atoms with Crippen molar-refractivity contribution in [3.8, 4) is 0 Å². The molecule has 3 nitrogen and oxygen atoms in total. The van der Waals surface area contributed by atoms with Crippen LogP contribution in [0.2, 0.25) is 0 Å². The van der Waals surface area contributed by atoms with Gasteiger partial charge in [-0.1, -0.05) is 20.8 Å². The van der Waals surface area contributed by atoms with Crippen LogP contribution in [-0.4, -0.2) is 29.0 Å². The molecule has 1 aromatic heterocycles. The zero-order valence-electron chi connectivity index (χ0n) is 12.5. The van der Waals surface area contributed by atoms with Crippen LogP contribution in [0.25, 0.3) is 0 Å². The van der Waals surface area contributed by atoms with Crippen molar-refractivity contribution in [3.05, 3.63) is 23.9 Å². The number of likely N-dealkylation sites (tertiary alicyclic amines) is 1. The largest absolute Gasteiger partial charge is 0.370 e. The van der Waals surface area contributed by atoms with Crippen LogP contribution in [0.5, 0.6) is 0 Å². The summed E-state index contributed by atoms with van der Waals surface area (Å²) in [6.45, 7) is 10.1. The third-order valence-corrected chi connectivity index (χ3v) is 3.95. The molecule has 0 aliphatic carbocycles. The summed E-state index contributed by atoms with van der Waals surface area (Å²) in [5, 5.41) is 3.36. The highest BCUT2D eigenvalue weighted by atomic mass is 15.2. The highest BCUT2D eigenvalue weighted by Gasteiger charge is 2.26. The van der Waals surface area contributed by atoms with Gasteiger partial charge in [0, 0.05) is 25.3 Å². The van der Waals surface area contributed by atoms with E-state index in [0.717, 1.165) is 37.3 Å². The molecule has 2 rings (SSSR count). The van der Waals surface area contributed by atoms with Crippen LogP contribution in [0.3, 0.4) is 0 Å². The van der Waals surface area contributed by atoms with Gasteiger partial charge in [-0.15, -0.1) is 0 Å². The molecule has 1 fully saturated rings. The van der Waals surface area contributed by atoms with Crippen LogP contribution in [-0.2, 0) is 6.54 Å². The molecule has 1 unspecified atom stereocenters. The Labute approximate surface area is 117 Å². The Morgan fingerprint density at radius 3 is 3.05 bits per heavy atom. The molecule has 2 heterocycles. The third kappa shape index (κ3) is 3.93. The van der Waals surface area contributed by atoms with Crippen molar-refractivity contribution >= 4 is 5.82 Å². The summed E-state index contributed by atoms with van der Waals surface area (Å²) in [6.07, 6.45) is 5.75. The number of anilines is 1. The van der Waals surface area contributed by atoms with Crippen LogP contribution in [0.4, 0.5) is 5.82 Å². The zero-order chi connectivity index (χ0) is 13.7. The van der Waals surface area contributed by atoms with Crippen molar-refractivity contribution < 1.29 is 0 Å². The predicted octanol–water partition coefficient (Wildman–Crippen LogP) is 3.52. The van der Waals surface area contributed by atoms with Crippen molar-refractivity contribution in [2.75, 3.05) is 18.4 Å². The van der Waals surface area contributed by atoms with Crippen molar-refractivity contribution in [2.24, 2.45) is 5.92 Å². The van der Waals surface area contributed by atoms with Crippen LogP contribution in [0.1, 0.15) is 45.6 Å². The maximum atomic E-state index is 4.38. The van der Waals surface area contributed by atoms with Gasteiger partial charge in [-0.2, -0.15) is 0 Å². The lowest BCUT2D eigenvalue weighted by molar-refractivity contribution is 0.199. The van der Waals surface area contributed by atoms with Gasteiger partial charge in [0.2, 0.25) is 0 Å². The molecule has 0 saturated carbocycles. The molecule has 19 heavy (non-hydrogen) atoms. The van der Waals surface area contributed by atoms with Gasteiger partial charge in [-0.25, -0.2) is 4.98 Å². The van der Waals surface area contributed by atoms with Gasteiger partial charge in [0.25, 0.3) is 0 Å². The molecule has 1 aromatic rings. The van der Waals surface area contributed by atoms with E-state index in [0.29, 0.717) is 0 Å². The number of pyridine rings is 1. The number of nitrogens with one attached hydrogen (secondary N) is 1. The first kappa shape index (κ1) is 14.3. The van der Waals surface area contributed by atoms with Crippen molar-refractivity contribution in [2.45, 2.75) is 52.6 Å². The van der Waals surface area contributed by atoms with Gasteiger partial charge in [-0.3, -0.25) is 4.90 Å². The minimum Gasteiger partial charge on any atom is -0.370 e. The number of rotatable bonds is 6. The normalized spacial score (nSPS) is 20.1. The molecule has 0 aromatic carbocycles. The topological polar surface area (TPSA) is 28.2 Å². The molecule has 1 atom stereocenters. The maximum absolute atomic E-state index is 4.38. The van der Waals surface area contributed by atoms with Gasteiger partial charge in [0.05, 0.1) is 0 Å². The minimum atomic E-state index is 0.750. The molecule has 0 spiro atoms. The maximum Gasteiger partial charge on any atom is 0.126 e. The Hall–Kier alpha value is -1.09. The Morgan fingerprint density at radius 1 is 1.47 bits per heavy atom. The fourth-order valence-corrected chi connectivity index (χ4v) is 2.96. The SMILES string of the molecule is CCCNc1cc(CN2CCCC2C(C)C)ccn1. The molecule has 3 heteroatoms. The second kappa shape index (κ2) is 6.90. The van der Waals surface area contributed by atoms with Gasteiger partial charge in [0.15, 0.2) is 0 Å². The van der Waals surface area contributed by atoms with Crippen LogP contribution < -0.4 is 5.32 Å². The average Bonchev–Trinajstić information content (AvgIpc) is 2.85. The molecule has 0 amide bonds. The Balaban J connectivity index is 1.98. The van der Waals surface area contributed by atoms with Crippen molar-refractivity contribution in [1.29, 1.82) is 0 Å². The molecule has 1 N–H and O–H groups in total. The highest BCUT2D eigenvalue weighted by molar-refractivity contribution is 5.37. The van der Waals surface area contributed by atoms with Crippen molar-refractivity contribution in [1.82, 2.24) is 9.88 Å². The van der Waals surface area contributed by atoms with E-state index in [1.165, 1.54) is 24.9 Å². The van der Waals surface area contributed by atoms with E-state index in [4.69, 9.17) is 0 Å². The summed E-state index contributed by atoms with van der Waals surface area (Å²) in [6, 6.07) is 5.10. The summed E-state index contributed by atoms with van der Waals surface area (Å²) in [5.41, 5.74) is 1.38. The lowest BCUT2D eigenvalue weighted by Gasteiger charge is -2.27. The molecule has 0 radical (unpaired) electrons. The smallest absolute Gasteiger partial charge is 0.126 e. The second-order valence-electron chi connectivity index (χ2n) is 5.90. The average molecular weight is 261 g/mol. The summed E-state index contributed by atoms with van der Waals surface area (Å²) in [7, 11) is 0. The van der Waals surface area contributed by atoms with E-state index >= 15 is 0 Å². The van der Waals surface area contributed by atoms with Crippen LogP contribution in [0.15, 0.2) is 18.3 Å². The quantitative estimate of drug-likeness (QED) is 0.849. The predicted molar refractivity (Wildman–Crippen MR) is 81.3 cm³/mol. The third-order valence-electron chi connectivity index (χ3n) is 3.95. The molecule has 1 aliphatic heterocycles. The Morgan fingerprint density at radius 2 is 2.32 bits per heavy atom. The lowest BCUT2D eigenvalue weighted by atomic mass is 10.0. The minimum absolute atomic E-state index is 0.750. The monoisotopic (exact) mass is 261 g/mol. The Bertz CT molecular complexity index is 389. The molecular formula is C16H27N3. The fourth-order valence-electron chi connectivity index (χ4n) is 2.96. The molecular weight excluding hydrogens is 234 g/mol. The first-order valence-electron chi connectivity index (χ1n) is 7.63. The van der Waals surface area contributed by atoms with Crippen LogP contribution in [0, 0.1) is 5.92 Å². The molecule has 1 saturated heterocycles. The number of nitrogens with zero attached hydrogens (tertiary/aromatic N) is 2.